The van der Waals surface area contributed by atoms with E-state index in [1.54, 1.807) is 50.2 Å². The van der Waals surface area contributed by atoms with E-state index in [9.17, 15) is 14.4 Å². The number of esters is 3. The lowest BCUT2D eigenvalue weighted by Gasteiger charge is -2.08. The maximum absolute atomic E-state index is 12.5. The van der Waals surface area contributed by atoms with Gasteiger partial charge in [0.05, 0.1) is 5.56 Å². The average molecular weight is 471 g/mol. The molecule has 0 spiro atoms. The van der Waals surface area contributed by atoms with Crippen LogP contribution in [-0.4, -0.2) is 17.9 Å². The molecule has 0 amide bonds. The minimum absolute atomic E-state index is 0.100. The van der Waals surface area contributed by atoms with Crippen LogP contribution in [0.5, 0.6) is 5.75 Å². The Morgan fingerprint density at radius 3 is 1.46 bits per heavy atom. The molecule has 0 unspecified atom stereocenters. The second-order valence-corrected chi connectivity index (χ2v) is 8.02. The van der Waals surface area contributed by atoms with Crippen LogP contribution in [0, 0.1) is 0 Å². The molecule has 3 aromatic carbocycles. The molecule has 0 aromatic heterocycles. The number of hydrogen-bond donors (Lipinski definition) is 0. The number of hydrogen-bond acceptors (Lipinski definition) is 6. The Balaban J connectivity index is 1.55. The van der Waals surface area contributed by atoms with E-state index in [1.807, 2.05) is 36.4 Å². The highest BCUT2D eigenvalue weighted by Gasteiger charge is 2.10. The van der Waals surface area contributed by atoms with E-state index >= 15 is 0 Å². The van der Waals surface area contributed by atoms with Gasteiger partial charge in [-0.25, -0.2) is 14.4 Å². The summed E-state index contributed by atoms with van der Waals surface area (Å²) in [6.07, 6.45) is 0. The van der Waals surface area contributed by atoms with Crippen molar-refractivity contribution >= 4 is 17.9 Å². The van der Waals surface area contributed by atoms with Crippen LogP contribution < -0.4 is 4.74 Å². The summed E-state index contributed by atoms with van der Waals surface area (Å²) in [5.41, 5.74) is 4.61. The topological polar surface area (TPSA) is 78.9 Å². The van der Waals surface area contributed by atoms with E-state index in [4.69, 9.17) is 14.2 Å². The summed E-state index contributed by atoms with van der Waals surface area (Å²) in [5, 5.41) is 0. The van der Waals surface area contributed by atoms with Crippen molar-refractivity contribution in [3.63, 3.8) is 0 Å². The zero-order valence-corrected chi connectivity index (χ0v) is 19.7. The zero-order chi connectivity index (χ0) is 25.4. The Bertz CT molecular complexity index is 1240. The van der Waals surface area contributed by atoms with Gasteiger partial charge in [-0.3, -0.25) is 0 Å². The molecule has 0 aliphatic rings. The van der Waals surface area contributed by atoms with Crippen LogP contribution in [0.25, 0.3) is 11.1 Å². The average Bonchev–Trinajstić information content (AvgIpc) is 2.86. The minimum atomic E-state index is -0.489. The van der Waals surface area contributed by atoms with E-state index < -0.39 is 17.9 Å². The molecule has 3 aromatic rings. The van der Waals surface area contributed by atoms with Crippen molar-refractivity contribution in [2.45, 2.75) is 27.1 Å². The van der Waals surface area contributed by atoms with E-state index in [0.717, 1.165) is 22.3 Å². The maximum Gasteiger partial charge on any atom is 0.343 e. The minimum Gasteiger partial charge on any atom is -0.457 e. The van der Waals surface area contributed by atoms with Gasteiger partial charge in [0.1, 0.15) is 19.0 Å². The van der Waals surface area contributed by atoms with Gasteiger partial charge in [0.15, 0.2) is 0 Å². The fourth-order valence-electron chi connectivity index (χ4n) is 2.96. The molecule has 0 saturated heterocycles. The molecule has 0 aliphatic heterocycles. The first kappa shape index (κ1) is 25.2. The number of rotatable bonds is 9. The number of ether oxygens (including phenoxy) is 3. The summed E-state index contributed by atoms with van der Waals surface area (Å²) in [6.45, 7) is 10.6. The van der Waals surface area contributed by atoms with Crippen LogP contribution in [0.3, 0.4) is 0 Å². The molecule has 6 heteroatoms. The predicted octanol–water partition coefficient (Wildman–Crippen LogP) is 5.81. The largest absolute Gasteiger partial charge is 0.457 e. The molecule has 35 heavy (non-hydrogen) atoms. The van der Waals surface area contributed by atoms with Gasteiger partial charge in [0, 0.05) is 11.1 Å². The van der Waals surface area contributed by atoms with Crippen LogP contribution in [0.4, 0.5) is 0 Å². The van der Waals surface area contributed by atoms with Crippen molar-refractivity contribution in [2.24, 2.45) is 0 Å². The van der Waals surface area contributed by atoms with Crippen molar-refractivity contribution in [3.8, 4) is 16.9 Å². The van der Waals surface area contributed by atoms with Gasteiger partial charge in [0.25, 0.3) is 0 Å². The van der Waals surface area contributed by atoms with Crippen LogP contribution in [0.15, 0.2) is 97.1 Å². The van der Waals surface area contributed by atoms with Crippen molar-refractivity contribution in [1.82, 2.24) is 0 Å². The summed E-state index contributed by atoms with van der Waals surface area (Å²) >= 11 is 0. The van der Waals surface area contributed by atoms with Crippen molar-refractivity contribution in [1.29, 1.82) is 0 Å². The Morgan fingerprint density at radius 1 is 0.629 bits per heavy atom. The van der Waals surface area contributed by atoms with Gasteiger partial charge in [-0.05, 0) is 60.4 Å². The lowest BCUT2D eigenvalue weighted by atomic mass is 10.0. The number of benzene rings is 3. The summed E-state index contributed by atoms with van der Waals surface area (Å²) in [4.78, 5) is 35.5. The maximum atomic E-state index is 12.5. The van der Waals surface area contributed by atoms with Crippen LogP contribution in [-0.2, 0) is 32.3 Å². The van der Waals surface area contributed by atoms with E-state index in [0.29, 0.717) is 22.5 Å². The standard InChI is InChI=1S/C29H26O6/c1-19(2)27(30)33-17-21-5-9-23(10-6-21)24-13-15-26(16-14-24)35-29(32)25-11-7-22(8-12-25)18-34-28(31)20(3)4/h5-16H,1,3,17-18H2,2,4H3. The van der Waals surface area contributed by atoms with Crippen LogP contribution in [0.1, 0.15) is 35.3 Å². The Kier molecular flexibility index (Phi) is 8.35. The van der Waals surface area contributed by atoms with Gasteiger partial charge in [-0.2, -0.15) is 0 Å². The second kappa shape index (κ2) is 11.6. The van der Waals surface area contributed by atoms with Crippen molar-refractivity contribution in [2.75, 3.05) is 0 Å². The summed E-state index contributed by atoms with van der Waals surface area (Å²) in [5.74, 6) is -0.949. The molecule has 0 N–H and O–H groups in total. The van der Waals surface area contributed by atoms with E-state index in [2.05, 4.69) is 13.2 Å². The molecule has 0 aliphatic carbocycles. The SMILES string of the molecule is C=C(C)C(=O)OCc1ccc(C(=O)Oc2ccc(-c3ccc(COC(=O)C(=C)C)cc3)cc2)cc1. The molecule has 0 heterocycles. The summed E-state index contributed by atoms with van der Waals surface area (Å²) in [6, 6.07) is 21.4. The summed E-state index contributed by atoms with van der Waals surface area (Å²) in [7, 11) is 0. The van der Waals surface area contributed by atoms with Gasteiger partial charge in [-0.1, -0.05) is 61.7 Å². The lowest BCUT2D eigenvalue weighted by Crippen LogP contribution is -2.09. The van der Waals surface area contributed by atoms with Crippen LogP contribution in [0.2, 0.25) is 0 Å². The third-order valence-corrected chi connectivity index (χ3v) is 4.98. The normalized spacial score (nSPS) is 10.2. The molecular weight excluding hydrogens is 444 g/mol. The molecule has 0 fully saturated rings. The smallest absolute Gasteiger partial charge is 0.343 e. The fraction of sp³-hybridized carbons (Fsp3) is 0.138. The number of carbonyl (C=O) groups is 3. The van der Waals surface area contributed by atoms with Crippen molar-refractivity contribution in [3.05, 3.63) is 114 Å². The molecule has 3 rings (SSSR count). The van der Waals surface area contributed by atoms with E-state index in [-0.39, 0.29) is 13.2 Å². The van der Waals surface area contributed by atoms with Crippen molar-refractivity contribution < 1.29 is 28.6 Å². The highest BCUT2D eigenvalue weighted by atomic mass is 16.5. The first-order chi connectivity index (χ1) is 16.7. The summed E-state index contributed by atoms with van der Waals surface area (Å²) < 4.78 is 15.7. The Morgan fingerprint density at radius 2 is 1.03 bits per heavy atom. The molecular formula is C29H26O6. The van der Waals surface area contributed by atoms with Gasteiger partial charge >= 0.3 is 17.9 Å². The zero-order valence-electron chi connectivity index (χ0n) is 19.7. The quantitative estimate of drug-likeness (QED) is 0.223. The number of carbonyl (C=O) groups excluding carboxylic acids is 3. The van der Waals surface area contributed by atoms with E-state index in [1.165, 1.54) is 0 Å². The van der Waals surface area contributed by atoms with Gasteiger partial charge in [0.2, 0.25) is 0 Å². The predicted molar refractivity (Wildman–Crippen MR) is 132 cm³/mol. The fourth-order valence-corrected chi connectivity index (χ4v) is 2.96. The first-order valence-electron chi connectivity index (χ1n) is 10.9. The molecule has 6 nitrogen and oxygen atoms in total. The van der Waals surface area contributed by atoms with Crippen LogP contribution >= 0.6 is 0 Å². The molecule has 178 valence electrons. The molecule has 0 atom stereocenters. The Hall–Kier alpha value is -4.45. The molecule has 0 radical (unpaired) electrons. The lowest BCUT2D eigenvalue weighted by molar-refractivity contribution is -0.141. The second-order valence-electron chi connectivity index (χ2n) is 8.02. The van der Waals surface area contributed by atoms with Gasteiger partial charge in [-0.15, -0.1) is 0 Å². The first-order valence-corrected chi connectivity index (χ1v) is 10.9. The van der Waals surface area contributed by atoms with Gasteiger partial charge < -0.3 is 14.2 Å². The highest BCUT2D eigenvalue weighted by Crippen LogP contribution is 2.24. The monoisotopic (exact) mass is 470 g/mol. The molecule has 0 bridgehead atoms. The highest BCUT2D eigenvalue weighted by molar-refractivity contribution is 5.91. The third kappa shape index (κ3) is 7.27. The third-order valence-electron chi connectivity index (χ3n) is 4.98. The molecule has 0 saturated carbocycles. The Labute approximate surface area is 204 Å².